The predicted octanol–water partition coefficient (Wildman–Crippen LogP) is 4.72. The molecule has 0 radical (unpaired) electrons. The molecule has 7 heteroatoms. The maximum atomic E-state index is 13.4. The van der Waals surface area contributed by atoms with E-state index in [9.17, 15) is 9.59 Å². The molecular formula is C24H22N2O4S. The number of rotatable bonds is 7. The Hall–Kier alpha value is -3.58. The summed E-state index contributed by atoms with van der Waals surface area (Å²) in [7, 11) is 3.05. The van der Waals surface area contributed by atoms with Crippen LogP contribution in [0.4, 0.5) is 11.4 Å². The lowest BCUT2D eigenvalue weighted by Gasteiger charge is -2.17. The molecule has 1 aromatic heterocycles. The first-order chi connectivity index (χ1) is 15.1. The van der Waals surface area contributed by atoms with Crippen LogP contribution in [0.2, 0.25) is 0 Å². The average Bonchev–Trinajstić information content (AvgIpc) is 3.40. The highest BCUT2D eigenvalue weighted by atomic mass is 32.1. The predicted molar refractivity (Wildman–Crippen MR) is 123 cm³/mol. The molecule has 1 aliphatic heterocycles. The van der Waals surface area contributed by atoms with E-state index in [1.807, 2.05) is 41.8 Å². The summed E-state index contributed by atoms with van der Waals surface area (Å²) in [6, 6.07) is 16.5. The number of nitrogens with one attached hydrogen (secondary N) is 1. The fourth-order valence-corrected chi connectivity index (χ4v) is 4.23. The maximum Gasteiger partial charge on any atom is 0.282 e. The lowest BCUT2D eigenvalue weighted by atomic mass is 10.1. The van der Waals surface area contributed by atoms with E-state index in [-0.39, 0.29) is 11.6 Å². The summed E-state index contributed by atoms with van der Waals surface area (Å²) in [6.07, 6.45) is 0.925. The number of ether oxygens (including phenoxy) is 2. The first-order valence-electron chi connectivity index (χ1n) is 9.82. The molecule has 0 atom stereocenters. The van der Waals surface area contributed by atoms with Crippen molar-refractivity contribution in [3.63, 3.8) is 0 Å². The van der Waals surface area contributed by atoms with Crippen molar-refractivity contribution < 1.29 is 19.1 Å². The van der Waals surface area contributed by atoms with Gasteiger partial charge in [0, 0.05) is 16.6 Å². The van der Waals surface area contributed by atoms with Gasteiger partial charge in [0.15, 0.2) is 11.5 Å². The lowest BCUT2D eigenvalue weighted by Crippen LogP contribution is -2.32. The Balaban J connectivity index is 1.75. The van der Waals surface area contributed by atoms with Gasteiger partial charge in [0.05, 0.1) is 25.5 Å². The van der Waals surface area contributed by atoms with E-state index in [0.717, 1.165) is 17.0 Å². The van der Waals surface area contributed by atoms with Crippen LogP contribution in [0.5, 0.6) is 11.5 Å². The van der Waals surface area contributed by atoms with Crippen molar-refractivity contribution in [1.82, 2.24) is 0 Å². The Morgan fingerprint density at radius 2 is 1.68 bits per heavy atom. The van der Waals surface area contributed by atoms with Crippen LogP contribution in [0.15, 0.2) is 65.7 Å². The number of anilines is 2. The molecular weight excluding hydrogens is 412 g/mol. The van der Waals surface area contributed by atoms with Crippen LogP contribution in [-0.4, -0.2) is 26.0 Å². The number of imide groups is 1. The molecule has 4 rings (SSSR count). The van der Waals surface area contributed by atoms with Crippen molar-refractivity contribution in [2.75, 3.05) is 24.4 Å². The number of nitrogens with zero attached hydrogens (tertiary/aromatic N) is 1. The van der Waals surface area contributed by atoms with Crippen LogP contribution in [0.3, 0.4) is 0 Å². The van der Waals surface area contributed by atoms with Gasteiger partial charge in [-0.05, 0) is 47.7 Å². The van der Waals surface area contributed by atoms with Gasteiger partial charge in [-0.15, -0.1) is 11.3 Å². The Morgan fingerprint density at radius 3 is 2.29 bits per heavy atom. The van der Waals surface area contributed by atoms with Crippen LogP contribution in [0.1, 0.15) is 17.4 Å². The van der Waals surface area contributed by atoms with E-state index in [1.165, 1.54) is 36.0 Å². The highest BCUT2D eigenvalue weighted by Crippen LogP contribution is 2.38. The molecule has 0 aliphatic carbocycles. The number of hydrogen-bond acceptors (Lipinski definition) is 6. The number of methoxy groups -OCH3 is 2. The third-order valence-corrected chi connectivity index (χ3v) is 6.00. The van der Waals surface area contributed by atoms with Gasteiger partial charge >= 0.3 is 0 Å². The van der Waals surface area contributed by atoms with Gasteiger partial charge in [-0.2, -0.15) is 0 Å². The smallest absolute Gasteiger partial charge is 0.282 e. The van der Waals surface area contributed by atoms with Crippen molar-refractivity contribution in [2.45, 2.75) is 13.3 Å². The van der Waals surface area contributed by atoms with Crippen LogP contribution >= 0.6 is 11.3 Å². The third-order valence-electron chi connectivity index (χ3n) is 5.11. The quantitative estimate of drug-likeness (QED) is 0.545. The number of amides is 2. The highest BCUT2D eigenvalue weighted by Gasteiger charge is 2.41. The Labute approximate surface area is 184 Å². The molecule has 0 spiro atoms. The third kappa shape index (κ3) is 3.80. The molecule has 2 aromatic carbocycles. The van der Waals surface area contributed by atoms with Crippen molar-refractivity contribution in [2.24, 2.45) is 0 Å². The Bertz CT molecular complexity index is 1150. The summed E-state index contributed by atoms with van der Waals surface area (Å²) in [4.78, 5) is 28.7. The molecule has 2 heterocycles. The fraction of sp³-hybridized carbons (Fsp3) is 0.167. The summed E-state index contributed by atoms with van der Waals surface area (Å²) in [6.45, 7) is 2.08. The molecule has 2 amide bonds. The first kappa shape index (κ1) is 20.7. The normalized spacial score (nSPS) is 13.7. The molecule has 0 saturated heterocycles. The average molecular weight is 435 g/mol. The summed E-state index contributed by atoms with van der Waals surface area (Å²) < 4.78 is 10.6. The Morgan fingerprint density at radius 1 is 0.935 bits per heavy atom. The monoisotopic (exact) mass is 434 g/mol. The summed E-state index contributed by atoms with van der Waals surface area (Å²) >= 11 is 1.42. The molecule has 0 fully saturated rings. The topological polar surface area (TPSA) is 67.9 Å². The van der Waals surface area contributed by atoms with E-state index in [4.69, 9.17) is 9.47 Å². The van der Waals surface area contributed by atoms with E-state index in [1.54, 1.807) is 18.2 Å². The van der Waals surface area contributed by atoms with Crippen molar-refractivity contribution in [3.8, 4) is 11.5 Å². The molecule has 1 N–H and O–H groups in total. The standard InChI is InChI=1S/C24H22N2O4S/c1-4-15-7-9-16(10-8-15)25-22-21(20-6-5-13-31-20)23(27)26(24(22)28)17-11-12-18(29-2)19(14-17)30-3/h5-14,25H,4H2,1-3H3. The molecule has 3 aromatic rings. The molecule has 6 nitrogen and oxygen atoms in total. The number of carbonyl (C=O) groups is 2. The second-order valence-electron chi connectivity index (χ2n) is 6.89. The van der Waals surface area contributed by atoms with Gasteiger partial charge in [0.1, 0.15) is 5.70 Å². The zero-order chi connectivity index (χ0) is 22.0. The lowest BCUT2D eigenvalue weighted by molar-refractivity contribution is -0.120. The largest absolute Gasteiger partial charge is 0.493 e. The minimum atomic E-state index is -0.416. The molecule has 31 heavy (non-hydrogen) atoms. The number of carbonyl (C=O) groups excluding carboxylic acids is 2. The molecule has 0 bridgehead atoms. The SMILES string of the molecule is CCc1ccc(NC2=C(c3cccs3)C(=O)N(c3ccc(OC)c(OC)c3)C2=O)cc1. The summed E-state index contributed by atoms with van der Waals surface area (Å²) in [5, 5.41) is 5.06. The molecule has 0 unspecified atom stereocenters. The molecule has 0 saturated carbocycles. The van der Waals surface area contributed by atoms with Crippen LogP contribution in [-0.2, 0) is 16.0 Å². The minimum Gasteiger partial charge on any atom is -0.493 e. The highest BCUT2D eigenvalue weighted by molar-refractivity contribution is 7.11. The number of thiophene rings is 1. The van der Waals surface area contributed by atoms with E-state index < -0.39 is 5.91 Å². The maximum absolute atomic E-state index is 13.4. The Kier molecular flexibility index (Phi) is 5.77. The molecule has 1 aliphatic rings. The number of benzene rings is 2. The van der Waals surface area contributed by atoms with Crippen molar-refractivity contribution in [1.29, 1.82) is 0 Å². The first-order valence-corrected chi connectivity index (χ1v) is 10.7. The van der Waals surface area contributed by atoms with Crippen LogP contribution < -0.4 is 19.7 Å². The molecule has 158 valence electrons. The van der Waals surface area contributed by atoms with Crippen molar-refractivity contribution >= 4 is 40.1 Å². The van der Waals surface area contributed by atoms with Crippen LogP contribution in [0.25, 0.3) is 5.57 Å². The zero-order valence-corrected chi connectivity index (χ0v) is 18.3. The van der Waals surface area contributed by atoms with Gasteiger partial charge in [-0.3, -0.25) is 9.59 Å². The fourth-order valence-electron chi connectivity index (χ4n) is 3.46. The van der Waals surface area contributed by atoms with Crippen molar-refractivity contribution in [3.05, 3.63) is 76.1 Å². The van der Waals surface area contributed by atoms with Gasteiger partial charge in [-0.1, -0.05) is 25.1 Å². The van der Waals surface area contributed by atoms with Gasteiger partial charge in [-0.25, -0.2) is 4.90 Å². The number of hydrogen-bond donors (Lipinski definition) is 1. The van der Waals surface area contributed by atoms with Gasteiger partial charge in [0.25, 0.3) is 11.8 Å². The van der Waals surface area contributed by atoms with Crippen LogP contribution in [0, 0.1) is 0 Å². The minimum absolute atomic E-state index is 0.256. The van der Waals surface area contributed by atoms with E-state index >= 15 is 0 Å². The van der Waals surface area contributed by atoms with Gasteiger partial charge in [0.2, 0.25) is 0 Å². The van der Waals surface area contributed by atoms with Gasteiger partial charge < -0.3 is 14.8 Å². The number of aryl methyl sites for hydroxylation is 1. The second-order valence-corrected chi connectivity index (χ2v) is 7.84. The van der Waals surface area contributed by atoms with E-state index in [2.05, 4.69) is 12.2 Å². The van der Waals surface area contributed by atoms with E-state index in [0.29, 0.717) is 22.8 Å². The summed E-state index contributed by atoms with van der Waals surface area (Å²) in [5.41, 5.74) is 2.97. The zero-order valence-electron chi connectivity index (χ0n) is 17.5. The second kappa shape index (κ2) is 8.65. The summed E-state index contributed by atoms with van der Waals surface area (Å²) in [5.74, 6) is 0.161.